The first-order chi connectivity index (χ1) is 8.51. The van der Waals surface area contributed by atoms with E-state index >= 15 is 0 Å². The van der Waals surface area contributed by atoms with Crippen LogP contribution in [0.4, 0.5) is 0 Å². The van der Waals surface area contributed by atoms with E-state index in [0.29, 0.717) is 5.54 Å². The van der Waals surface area contributed by atoms with E-state index in [9.17, 15) is 0 Å². The van der Waals surface area contributed by atoms with E-state index in [1.165, 1.54) is 56.5 Å². The minimum Gasteiger partial charge on any atom is -0.309 e. The smallest absolute Gasteiger partial charge is 0.135 e. The van der Waals surface area contributed by atoms with Crippen LogP contribution in [0.3, 0.4) is 0 Å². The zero-order valence-corrected chi connectivity index (χ0v) is 12.8. The summed E-state index contributed by atoms with van der Waals surface area (Å²) < 4.78 is 1.40. The maximum absolute atomic E-state index is 2.74. The van der Waals surface area contributed by atoms with Crippen molar-refractivity contribution in [2.75, 3.05) is 26.3 Å². The molecule has 3 rings (SSSR count). The van der Waals surface area contributed by atoms with Crippen molar-refractivity contribution in [2.24, 2.45) is 11.8 Å². The first-order valence-corrected chi connectivity index (χ1v) is 8.12. The van der Waals surface area contributed by atoms with Gasteiger partial charge in [-0.3, -0.25) is 0 Å². The Bertz CT molecular complexity index is 329. The molecule has 2 aliphatic heterocycles. The summed E-state index contributed by atoms with van der Waals surface area (Å²) in [4.78, 5) is 2.74. The second-order valence-electron chi connectivity index (χ2n) is 7.68. The van der Waals surface area contributed by atoms with Gasteiger partial charge in [0, 0.05) is 24.4 Å². The summed E-state index contributed by atoms with van der Waals surface area (Å²) in [6.07, 6.45) is 5.83. The molecule has 1 saturated carbocycles. The van der Waals surface area contributed by atoms with Crippen LogP contribution in [-0.2, 0) is 0 Å². The maximum Gasteiger partial charge on any atom is 0.135 e. The number of fused-ring (bicyclic) bond motifs is 1. The fourth-order valence-electron chi connectivity index (χ4n) is 4.80. The lowest BCUT2D eigenvalue weighted by molar-refractivity contribution is -0.966. The summed E-state index contributed by atoms with van der Waals surface area (Å²) in [5.74, 6) is 1.86. The highest BCUT2D eigenvalue weighted by molar-refractivity contribution is 5.04. The maximum atomic E-state index is 2.74. The van der Waals surface area contributed by atoms with E-state index in [-0.39, 0.29) is 0 Å². The largest absolute Gasteiger partial charge is 0.309 e. The molecule has 6 unspecified atom stereocenters. The molecule has 0 radical (unpaired) electrons. The molecule has 0 aromatic heterocycles. The van der Waals surface area contributed by atoms with Crippen molar-refractivity contribution in [1.82, 2.24) is 4.90 Å². The quantitative estimate of drug-likeness (QED) is 0.538. The standard InChI is InChI=1S/C16H31N2/c1-5-18(10-9-16(4)11-17(16)12-18)15-8-6-7-13(2)14(15)3/h13-15H,5-12H2,1-4H3/q+1. The lowest BCUT2D eigenvalue weighted by atomic mass is 9.76. The van der Waals surface area contributed by atoms with Crippen molar-refractivity contribution < 1.29 is 4.48 Å². The monoisotopic (exact) mass is 251 g/mol. The van der Waals surface area contributed by atoms with Crippen LogP contribution in [0.1, 0.15) is 53.4 Å². The van der Waals surface area contributed by atoms with Crippen LogP contribution >= 0.6 is 0 Å². The van der Waals surface area contributed by atoms with Crippen molar-refractivity contribution in [1.29, 1.82) is 0 Å². The van der Waals surface area contributed by atoms with Crippen LogP contribution in [0.5, 0.6) is 0 Å². The van der Waals surface area contributed by atoms with Crippen molar-refractivity contribution in [3.05, 3.63) is 0 Å². The zero-order valence-electron chi connectivity index (χ0n) is 12.8. The van der Waals surface area contributed by atoms with Crippen molar-refractivity contribution >= 4 is 0 Å². The lowest BCUT2D eigenvalue weighted by Gasteiger charge is -2.52. The van der Waals surface area contributed by atoms with E-state index in [1.807, 2.05) is 0 Å². The zero-order chi connectivity index (χ0) is 13.0. The van der Waals surface area contributed by atoms with E-state index < -0.39 is 0 Å². The van der Waals surface area contributed by atoms with Crippen LogP contribution in [-0.4, -0.2) is 47.3 Å². The normalized spacial score (nSPS) is 56.0. The van der Waals surface area contributed by atoms with Crippen LogP contribution in [0.2, 0.25) is 0 Å². The molecule has 0 amide bonds. The third-order valence-corrected chi connectivity index (χ3v) is 6.74. The van der Waals surface area contributed by atoms with E-state index in [4.69, 9.17) is 0 Å². The van der Waals surface area contributed by atoms with E-state index in [2.05, 4.69) is 32.6 Å². The Hall–Kier alpha value is -0.0800. The van der Waals surface area contributed by atoms with Gasteiger partial charge >= 0.3 is 0 Å². The molecule has 2 saturated heterocycles. The molecule has 0 bridgehead atoms. The highest BCUT2D eigenvalue weighted by atomic mass is 15.6. The van der Waals surface area contributed by atoms with Crippen LogP contribution in [0, 0.1) is 11.8 Å². The Morgan fingerprint density at radius 2 is 2.06 bits per heavy atom. The fourth-order valence-corrected chi connectivity index (χ4v) is 4.80. The van der Waals surface area contributed by atoms with Crippen molar-refractivity contribution in [3.63, 3.8) is 0 Å². The molecule has 0 N–H and O–H groups in total. The molecule has 6 atom stereocenters. The second kappa shape index (κ2) is 4.21. The summed E-state index contributed by atoms with van der Waals surface area (Å²) in [5.41, 5.74) is 0.598. The van der Waals surface area contributed by atoms with Gasteiger partial charge in [-0.05, 0) is 39.0 Å². The van der Waals surface area contributed by atoms with Crippen molar-refractivity contribution in [3.8, 4) is 0 Å². The molecule has 2 heterocycles. The van der Waals surface area contributed by atoms with Gasteiger partial charge in [0.25, 0.3) is 0 Å². The first kappa shape index (κ1) is 12.9. The molecular weight excluding hydrogens is 220 g/mol. The third kappa shape index (κ3) is 1.84. The van der Waals surface area contributed by atoms with Gasteiger partial charge < -0.3 is 4.48 Å². The first-order valence-electron chi connectivity index (χ1n) is 8.12. The number of rotatable bonds is 2. The average Bonchev–Trinajstić information content (AvgIpc) is 3.03. The predicted octanol–water partition coefficient (Wildman–Crippen LogP) is 3.08. The van der Waals surface area contributed by atoms with Gasteiger partial charge in [0.1, 0.15) is 6.67 Å². The Morgan fingerprint density at radius 1 is 1.28 bits per heavy atom. The molecule has 2 nitrogen and oxygen atoms in total. The molecule has 1 aliphatic carbocycles. The molecular formula is C16H31N2+. The van der Waals surface area contributed by atoms with Crippen LogP contribution in [0.15, 0.2) is 0 Å². The minimum atomic E-state index is 0.598. The summed E-state index contributed by atoms with van der Waals surface area (Å²) in [5, 5.41) is 0. The van der Waals surface area contributed by atoms with E-state index in [1.54, 1.807) is 0 Å². The topological polar surface area (TPSA) is 3.01 Å². The fraction of sp³-hybridized carbons (Fsp3) is 1.00. The highest BCUT2D eigenvalue weighted by Gasteiger charge is 2.58. The van der Waals surface area contributed by atoms with Gasteiger partial charge in [0.05, 0.1) is 19.1 Å². The number of quaternary nitrogens is 1. The predicted molar refractivity (Wildman–Crippen MR) is 76.2 cm³/mol. The minimum absolute atomic E-state index is 0.598. The number of hydrogen-bond donors (Lipinski definition) is 0. The van der Waals surface area contributed by atoms with Gasteiger partial charge in [0.15, 0.2) is 0 Å². The highest BCUT2D eigenvalue weighted by Crippen LogP contribution is 2.45. The molecule has 0 aromatic rings. The van der Waals surface area contributed by atoms with Crippen LogP contribution < -0.4 is 0 Å². The van der Waals surface area contributed by atoms with Gasteiger partial charge in [-0.2, -0.15) is 0 Å². The number of nitrogens with zero attached hydrogens (tertiary/aromatic N) is 2. The SMILES string of the molecule is CC[N+]1(C2CCCC(C)C2C)CCC2(C)CN2C1. The van der Waals surface area contributed by atoms with Crippen LogP contribution in [0.25, 0.3) is 0 Å². The van der Waals surface area contributed by atoms with Gasteiger partial charge in [-0.1, -0.05) is 13.8 Å². The second-order valence-corrected chi connectivity index (χ2v) is 7.68. The Kier molecular flexibility index (Phi) is 3.02. The Balaban J connectivity index is 1.79. The summed E-state index contributed by atoms with van der Waals surface area (Å²) in [6.45, 7) is 15.4. The summed E-state index contributed by atoms with van der Waals surface area (Å²) >= 11 is 0. The number of hydrogen-bond acceptors (Lipinski definition) is 1. The Morgan fingerprint density at radius 3 is 2.72 bits per heavy atom. The average molecular weight is 251 g/mol. The summed E-state index contributed by atoms with van der Waals surface area (Å²) in [6, 6.07) is 0.934. The Labute approximate surface area is 113 Å². The molecule has 0 spiro atoms. The lowest BCUT2D eigenvalue weighted by Crippen LogP contribution is -2.64. The molecule has 18 heavy (non-hydrogen) atoms. The van der Waals surface area contributed by atoms with Crippen molar-refractivity contribution in [2.45, 2.75) is 65.0 Å². The van der Waals surface area contributed by atoms with E-state index in [0.717, 1.165) is 17.9 Å². The molecule has 3 fully saturated rings. The molecule has 3 aliphatic rings. The summed E-state index contributed by atoms with van der Waals surface area (Å²) in [7, 11) is 0. The molecule has 2 heteroatoms. The van der Waals surface area contributed by atoms with Gasteiger partial charge in [0.2, 0.25) is 0 Å². The van der Waals surface area contributed by atoms with Gasteiger partial charge in [-0.15, -0.1) is 0 Å². The third-order valence-electron chi connectivity index (χ3n) is 6.74. The van der Waals surface area contributed by atoms with Gasteiger partial charge in [-0.25, -0.2) is 4.90 Å². The molecule has 104 valence electrons. The molecule has 0 aromatic carbocycles.